The Balaban J connectivity index is 3.94. The second-order valence-corrected chi connectivity index (χ2v) is 24.4. The number of hydrogen-bond acceptors (Lipinski definition) is 8. The highest BCUT2D eigenvalue weighted by Gasteiger charge is 2.26. The Hall–Kier alpha value is -4.63. The summed E-state index contributed by atoms with van der Waals surface area (Å²) in [4.78, 5) is 35.4. The van der Waals surface area contributed by atoms with Crippen LogP contribution >= 0.6 is 7.82 Å². The van der Waals surface area contributed by atoms with Crippen molar-refractivity contribution < 1.29 is 37.6 Å². The van der Waals surface area contributed by atoms with Crippen molar-refractivity contribution in [1.82, 2.24) is 0 Å². The molecular weight excluding hydrogens is 1120 g/mol. The first-order chi connectivity index (χ1) is 43.8. The molecule has 0 radical (unpaired) electrons. The molecule has 0 heterocycles. The van der Waals surface area contributed by atoms with E-state index < -0.39 is 26.5 Å². The van der Waals surface area contributed by atoms with Crippen LogP contribution in [0.2, 0.25) is 0 Å². The van der Waals surface area contributed by atoms with Gasteiger partial charge in [0.15, 0.2) is 6.10 Å². The molecule has 0 spiro atoms. The highest BCUT2D eigenvalue weighted by molar-refractivity contribution is 7.47. The molecule has 3 N–H and O–H groups in total. The number of unbranched alkanes of at least 4 members (excludes halogenated alkanes) is 24. The van der Waals surface area contributed by atoms with Gasteiger partial charge in [-0.25, -0.2) is 4.57 Å². The van der Waals surface area contributed by atoms with Crippen molar-refractivity contribution in [2.45, 2.75) is 290 Å². The van der Waals surface area contributed by atoms with Gasteiger partial charge in [0.05, 0.1) is 13.2 Å². The van der Waals surface area contributed by atoms with Crippen molar-refractivity contribution in [2.24, 2.45) is 5.73 Å². The number of phosphoric ester groups is 1. The van der Waals surface area contributed by atoms with Gasteiger partial charge in [-0.3, -0.25) is 18.6 Å². The van der Waals surface area contributed by atoms with Gasteiger partial charge in [0.2, 0.25) is 0 Å². The predicted octanol–water partition coefficient (Wildman–Crippen LogP) is 23.7. The van der Waals surface area contributed by atoms with Crippen LogP contribution in [-0.4, -0.2) is 49.3 Å². The highest BCUT2D eigenvalue weighted by Crippen LogP contribution is 2.43. The minimum atomic E-state index is -4.41. The molecule has 0 saturated heterocycles. The summed E-state index contributed by atoms with van der Waals surface area (Å²) in [6.45, 7) is 3.51. The Morgan fingerprint density at radius 3 is 0.865 bits per heavy atom. The van der Waals surface area contributed by atoms with Crippen molar-refractivity contribution in [2.75, 3.05) is 26.4 Å². The molecule has 0 aromatic heterocycles. The van der Waals surface area contributed by atoms with E-state index in [4.69, 9.17) is 24.3 Å². The number of hydrogen-bond donors (Lipinski definition) is 2. The largest absolute Gasteiger partial charge is 0.472 e. The fourth-order valence-corrected chi connectivity index (χ4v) is 10.2. The second-order valence-electron chi connectivity index (χ2n) is 23.0. The maximum absolute atomic E-state index is 12.8. The average Bonchev–Trinajstić information content (AvgIpc) is 3.68. The van der Waals surface area contributed by atoms with Crippen LogP contribution in [0.1, 0.15) is 284 Å². The number of esters is 2. The molecule has 0 aliphatic carbocycles. The lowest BCUT2D eigenvalue weighted by molar-refractivity contribution is -0.161. The lowest BCUT2D eigenvalue weighted by atomic mass is 10.0. The number of phosphoric acid groups is 1. The summed E-state index contributed by atoms with van der Waals surface area (Å²) in [5.74, 6) is -0.836. The zero-order chi connectivity index (χ0) is 64.4. The molecule has 0 aliphatic heterocycles. The van der Waals surface area contributed by atoms with Gasteiger partial charge in [0.1, 0.15) is 6.61 Å². The summed E-state index contributed by atoms with van der Waals surface area (Å²) < 4.78 is 33.2. The molecule has 2 unspecified atom stereocenters. The van der Waals surface area contributed by atoms with Gasteiger partial charge in [-0.1, -0.05) is 312 Å². The van der Waals surface area contributed by atoms with Gasteiger partial charge in [0, 0.05) is 19.4 Å². The molecule has 0 saturated carbocycles. The van der Waals surface area contributed by atoms with E-state index in [1.165, 1.54) is 109 Å². The molecule has 0 amide bonds. The van der Waals surface area contributed by atoms with E-state index in [1.807, 2.05) is 0 Å². The van der Waals surface area contributed by atoms with Gasteiger partial charge < -0.3 is 20.1 Å². The quantitative estimate of drug-likeness (QED) is 0.0264. The molecule has 2 atom stereocenters. The molecule has 0 aliphatic rings. The van der Waals surface area contributed by atoms with E-state index in [9.17, 15) is 19.0 Å². The third-order valence-corrected chi connectivity index (χ3v) is 15.6. The maximum Gasteiger partial charge on any atom is 0.472 e. The van der Waals surface area contributed by atoms with E-state index in [0.29, 0.717) is 6.42 Å². The molecule has 89 heavy (non-hydrogen) atoms. The third kappa shape index (κ3) is 72.3. The van der Waals surface area contributed by atoms with Crippen molar-refractivity contribution in [1.29, 1.82) is 0 Å². The molecular formula is C79H130NO8P. The first-order valence-corrected chi connectivity index (χ1v) is 37.1. The number of ether oxygens (including phenoxy) is 2. The van der Waals surface area contributed by atoms with E-state index in [2.05, 4.69) is 184 Å². The summed E-state index contributed by atoms with van der Waals surface area (Å²) >= 11 is 0. The Morgan fingerprint density at radius 2 is 0.584 bits per heavy atom. The standard InChI is InChI=1S/C79H130NO8P/c1-3-5-7-9-11-13-15-17-19-21-23-25-27-29-31-33-35-36-37-38-39-40-42-44-46-48-50-52-54-56-58-60-62-64-66-68-70-72-79(82)88-77(76-87-89(83,84)86-74-73-80)75-85-78(81)71-69-67-65-63-61-59-57-55-53-51-49-47-45-43-41-34-32-30-28-26-24-22-20-18-16-14-12-10-8-6-4-2/h5-8,11-14,17-20,23-26,29-32,35-36,38-39,41-44,77H,3-4,9-10,15-16,21-22,27-28,33-34,37,40,45-76,80H2,1-2H3,(H,83,84)/b7-5-,8-6-,13-11-,14-12-,19-17-,20-18-,25-23-,26-24-,31-29-,32-30-,36-35-,39-38-,43-41-,44-42-. The van der Waals surface area contributed by atoms with Crippen LogP contribution in [0.15, 0.2) is 170 Å². The molecule has 0 aromatic carbocycles. The van der Waals surface area contributed by atoms with Crippen LogP contribution in [0.25, 0.3) is 0 Å². The lowest BCUT2D eigenvalue weighted by Gasteiger charge is -2.19. The van der Waals surface area contributed by atoms with E-state index in [1.54, 1.807) is 0 Å². The Kier molecular flexibility index (Phi) is 68.7. The minimum Gasteiger partial charge on any atom is -0.462 e. The Bertz CT molecular complexity index is 2070. The van der Waals surface area contributed by atoms with Gasteiger partial charge in [-0.15, -0.1) is 0 Å². The summed E-state index contributed by atoms with van der Waals surface area (Å²) in [5, 5.41) is 0. The second kappa shape index (κ2) is 72.4. The van der Waals surface area contributed by atoms with Gasteiger partial charge >= 0.3 is 19.8 Å². The van der Waals surface area contributed by atoms with E-state index in [0.717, 1.165) is 141 Å². The molecule has 0 fully saturated rings. The maximum atomic E-state index is 12.8. The van der Waals surface area contributed by atoms with Crippen molar-refractivity contribution in [3.8, 4) is 0 Å². The van der Waals surface area contributed by atoms with Crippen molar-refractivity contribution in [3.05, 3.63) is 170 Å². The van der Waals surface area contributed by atoms with Crippen LogP contribution in [-0.2, 0) is 32.7 Å². The van der Waals surface area contributed by atoms with Gasteiger partial charge in [0.25, 0.3) is 0 Å². The first-order valence-electron chi connectivity index (χ1n) is 35.6. The van der Waals surface area contributed by atoms with Crippen LogP contribution in [0.3, 0.4) is 0 Å². The summed E-state index contributed by atoms with van der Waals surface area (Å²) in [6.07, 6.45) is 107. The third-order valence-electron chi connectivity index (χ3n) is 14.6. The number of allylic oxidation sites excluding steroid dienone is 28. The number of carbonyl (C=O) groups is 2. The highest BCUT2D eigenvalue weighted by atomic mass is 31.2. The zero-order valence-electron chi connectivity index (χ0n) is 56.6. The summed E-state index contributed by atoms with van der Waals surface area (Å²) in [5.41, 5.74) is 5.40. The monoisotopic (exact) mass is 1250 g/mol. The lowest BCUT2D eigenvalue weighted by Crippen LogP contribution is -2.29. The molecule has 0 rings (SSSR count). The van der Waals surface area contributed by atoms with Crippen LogP contribution < -0.4 is 5.73 Å². The molecule has 0 aromatic rings. The van der Waals surface area contributed by atoms with Gasteiger partial charge in [-0.2, -0.15) is 0 Å². The predicted molar refractivity (Wildman–Crippen MR) is 385 cm³/mol. The number of nitrogens with two attached hydrogens (primary N) is 1. The van der Waals surface area contributed by atoms with Gasteiger partial charge in [-0.05, 0) is 128 Å². The molecule has 9 nitrogen and oxygen atoms in total. The van der Waals surface area contributed by atoms with E-state index >= 15 is 0 Å². The normalized spacial score (nSPS) is 14.0. The summed E-state index contributed by atoms with van der Waals surface area (Å²) in [7, 11) is -4.41. The zero-order valence-corrected chi connectivity index (χ0v) is 57.5. The molecule has 10 heteroatoms. The topological polar surface area (TPSA) is 134 Å². The number of carbonyl (C=O) groups excluding carboxylic acids is 2. The van der Waals surface area contributed by atoms with Crippen molar-refractivity contribution in [3.63, 3.8) is 0 Å². The fraction of sp³-hybridized carbons (Fsp3) is 0.620. The fourth-order valence-electron chi connectivity index (χ4n) is 9.42. The van der Waals surface area contributed by atoms with E-state index in [-0.39, 0.29) is 38.6 Å². The minimum absolute atomic E-state index is 0.0456. The average molecular weight is 1250 g/mol. The SMILES string of the molecule is CC/C=C\C/C=C\C/C=C\C/C=C\C/C=C\C/C=C\C/C=C\C/C=C\CCCCCCCCCCCCCCC(=O)OC(COC(=O)CCCCCCCCCCCCCC/C=C\C/C=C\C/C=C\C/C=C\C/C=C\C/C=C\CC)COP(=O)(O)OCCN. The molecule has 504 valence electrons. The van der Waals surface area contributed by atoms with Crippen LogP contribution in [0.4, 0.5) is 0 Å². The first kappa shape index (κ1) is 84.4. The smallest absolute Gasteiger partial charge is 0.462 e. The Labute approximate surface area is 546 Å². The van der Waals surface area contributed by atoms with Crippen LogP contribution in [0, 0.1) is 0 Å². The summed E-state index contributed by atoms with van der Waals surface area (Å²) in [6, 6.07) is 0. The molecule has 0 bridgehead atoms. The Morgan fingerprint density at radius 1 is 0.337 bits per heavy atom. The van der Waals surface area contributed by atoms with Crippen molar-refractivity contribution >= 4 is 19.8 Å². The number of rotatable bonds is 65. The van der Waals surface area contributed by atoms with Crippen LogP contribution in [0.5, 0.6) is 0 Å².